The van der Waals surface area contributed by atoms with E-state index >= 15 is 0 Å². The largest absolute Gasteiger partial charge is 0.397 e. The Morgan fingerprint density at radius 2 is 2.06 bits per heavy atom. The van der Waals surface area contributed by atoms with E-state index < -0.39 is 0 Å². The molecule has 0 bridgehead atoms. The Kier molecular flexibility index (Phi) is 3.55. The van der Waals surface area contributed by atoms with Gasteiger partial charge < -0.3 is 10.6 Å². The predicted molar refractivity (Wildman–Crippen MR) is 75.5 cm³/mol. The molecule has 2 aromatic rings. The normalized spacial score (nSPS) is 10.6. The van der Waals surface area contributed by atoms with E-state index in [0.29, 0.717) is 0 Å². The second-order valence-corrected chi connectivity index (χ2v) is 4.47. The molecule has 4 nitrogen and oxygen atoms in total. The highest BCUT2D eigenvalue weighted by Crippen LogP contribution is 2.23. The van der Waals surface area contributed by atoms with E-state index in [9.17, 15) is 0 Å². The molecule has 2 N–H and O–H groups in total. The summed E-state index contributed by atoms with van der Waals surface area (Å²) in [5.74, 6) is 0. The zero-order valence-corrected chi connectivity index (χ0v) is 11.2. The van der Waals surface area contributed by atoms with Crippen molar-refractivity contribution in [2.75, 3.05) is 17.2 Å². The van der Waals surface area contributed by atoms with Gasteiger partial charge in [-0.15, -0.1) is 0 Å². The van der Waals surface area contributed by atoms with Gasteiger partial charge in [0.1, 0.15) is 0 Å². The fraction of sp³-hybridized carbons (Fsp3) is 0.357. The van der Waals surface area contributed by atoms with E-state index in [1.54, 1.807) is 0 Å². The predicted octanol–water partition coefficient (Wildman–Crippen LogP) is 2.34. The van der Waals surface area contributed by atoms with Gasteiger partial charge in [-0.2, -0.15) is 5.10 Å². The summed E-state index contributed by atoms with van der Waals surface area (Å²) < 4.78 is 1.93. The van der Waals surface area contributed by atoms with Crippen molar-refractivity contribution in [2.24, 2.45) is 7.05 Å². The highest BCUT2D eigenvalue weighted by Gasteiger charge is 2.11. The van der Waals surface area contributed by atoms with Crippen LogP contribution in [-0.4, -0.2) is 16.3 Å². The monoisotopic (exact) mass is 244 g/mol. The average Bonchev–Trinajstić information content (AvgIpc) is 2.66. The van der Waals surface area contributed by atoms with Crippen LogP contribution in [0.2, 0.25) is 0 Å². The number of anilines is 2. The van der Waals surface area contributed by atoms with Crippen LogP contribution in [0.4, 0.5) is 11.4 Å². The van der Waals surface area contributed by atoms with Gasteiger partial charge in [0.2, 0.25) is 0 Å². The smallest absolute Gasteiger partial charge is 0.0603 e. The maximum Gasteiger partial charge on any atom is 0.0603 e. The summed E-state index contributed by atoms with van der Waals surface area (Å²) in [6, 6.07) is 10.1. The number of hydrogen-bond acceptors (Lipinski definition) is 3. The highest BCUT2D eigenvalue weighted by atomic mass is 15.3. The van der Waals surface area contributed by atoms with Crippen LogP contribution < -0.4 is 10.6 Å². The molecule has 0 saturated heterocycles. The van der Waals surface area contributed by atoms with Crippen LogP contribution in [0.25, 0.3) is 0 Å². The molecule has 1 aromatic heterocycles. The van der Waals surface area contributed by atoms with Gasteiger partial charge in [0, 0.05) is 13.6 Å². The molecule has 2 rings (SSSR count). The first-order chi connectivity index (χ1) is 8.61. The van der Waals surface area contributed by atoms with Crippen molar-refractivity contribution in [3.05, 3.63) is 41.7 Å². The Morgan fingerprint density at radius 3 is 2.61 bits per heavy atom. The van der Waals surface area contributed by atoms with Crippen LogP contribution in [-0.2, 0) is 13.6 Å². The first kappa shape index (κ1) is 12.5. The third-order valence-corrected chi connectivity index (χ3v) is 3.11. The number of nitrogen functional groups attached to an aromatic ring is 1. The molecular weight excluding hydrogens is 224 g/mol. The molecule has 0 saturated carbocycles. The number of hydrogen-bond donors (Lipinski definition) is 1. The number of aromatic nitrogens is 2. The number of nitrogens with zero attached hydrogens (tertiary/aromatic N) is 3. The molecule has 0 aliphatic carbocycles. The van der Waals surface area contributed by atoms with Gasteiger partial charge in [0.15, 0.2) is 0 Å². The van der Waals surface area contributed by atoms with Crippen molar-refractivity contribution in [3.8, 4) is 0 Å². The minimum absolute atomic E-state index is 0.818. The van der Waals surface area contributed by atoms with Gasteiger partial charge >= 0.3 is 0 Å². The van der Waals surface area contributed by atoms with Crippen LogP contribution >= 0.6 is 0 Å². The molecule has 4 heteroatoms. The minimum atomic E-state index is 0.818. The van der Waals surface area contributed by atoms with E-state index in [1.165, 1.54) is 5.69 Å². The van der Waals surface area contributed by atoms with Gasteiger partial charge in [-0.3, -0.25) is 4.68 Å². The van der Waals surface area contributed by atoms with Crippen molar-refractivity contribution in [1.82, 2.24) is 9.78 Å². The topological polar surface area (TPSA) is 47.1 Å². The van der Waals surface area contributed by atoms with Gasteiger partial charge in [0.05, 0.1) is 29.3 Å². The Morgan fingerprint density at radius 1 is 1.33 bits per heavy atom. The fourth-order valence-corrected chi connectivity index (χ4v) is 2.15. The van der Waals surface area contributed by atoms with Gasteiger partial charge in [-0.05, 0) is 32.0 Å². The molecule has 0 spiro atoms. The third-order valence-electron chi connectivity index (χ3n) is 3.11. The molecule has 0 radical (unpaired) electrons. The van der Waals surface area contributed by atoms with Crippen molar-refractivity contribution < 1.29 is 0 Å². The van der Waals surface area contributed by atoms with E-state index in [4.69, 9.17) is 5.73 Å². The summed E-state index contributed by atoms with van der Waals surface area (Å²) in [6.45, 7) is 5.88. The summed E-state index contributed by atoms with van der Waals surface area (Å²) in [5, 5.41) is 4.37. The molecule has 0 atom stereocenters. The lowest BCUT2D eigenvalue weighted by molar-refractivity contribution is 0.682. The molecule has 0 unspecified atom stereocenters. The SMILES string of the molecule is CCN(Cc1cc(C)nn1C)c1ccccc1N. The summed E-state index contributed by atoms with van der Waals surface area (Å²) in [7, 11) is 1.98. The lowest BCUT2D eigenvalue weighted by atomic mass is 10.2. The Hall–Kier alpha value is -1.97. The van der Waals surface area contributed by atoms with Crippen molar-refractivity contribution >= 4 is 11.4 Å². The second kappa shape index (κ2) is 5.12. The first-order valence-electron chi connectivity index (χ1n) is 6.20. The minimum Gasteiger partial charge on any atom is -0.397 e. The second-order valence-electron chi connectivity index (χ2n) is 4.47. The quantitative estimate of drug-likeness (QED) is 0.840. The molecule has 0 fully saturated rings. The molecule has 0 aliphatic rings. The number of aryl methyl sites for hydroxylation is 2. The summed E-state index contributed by atoms with van der Waals surface area (Å²) in [4.78, 5) is 2.26. The van der Waals surface area contributed by atoms with E-state index in [2.05, 4.69) is 29.1 Å². The molecule has 0 amide bonds. The third kappa shape index (κ3) is 2.47. The Labute approximate surface area is 108 Å². The number of rotatable bonds is 4. The van der Waals surface area contributed by atoms with Crippen LogP contribution in [0.15, 0.2) is 30.3 Å². The van der Waals surface area contributed by atoms with E-state index in [0.717, 1.165) is 30.2 Å². The van der Waals surface area contributed by atoms with Crippen molar-refractivity contribution in [2.45, 2.75) is 20.4 Å². The molecule has 0 aliphatic heterocycles. The molecule has 96 valence electrons. The lowest BCUT2D eigenvalue weighted by Crippen LogP contribution is -2.24. The first-order valence-corrected chi connectivity index (χ1v) is 6.20. The van der Waals surface area contributed by atoms with Gasteiger partial charge in [0.25, 0.3) is 0 Å². The van der Waals surface area contributed by atoms with Crippen LogP contribution in [0.5, 0.6) is 0 Å². The van der Waals surface area contributed by atoms with Gasteiger partial charge in [-0.25, -0.2) is 0 Å². The molecule has 1 heterocycles. The summed E-state index contributed by atoms with van der Waals surface area (Å²) in [5.41, 5.74) is 10.2. The molecule has 1 aromatic carbocycles. The zero-order chi connectivity index (χ0) is 13.1. The van der Waals surface area contributed by atoms with Gasteiger partial charge in [-0.1, -0.05) is 12.1 Å². The lowest BCUT2D eigenvalue weighted by Gasteiger charge is -2.24. The maximum atomic E-state index is 6.03. The Bertz CT molecular complexity index is 530. The summed E-state index contributed by atoms with van der Waals surface area (Å²) >= 11 is 0. The van der Waals surface area contributed by atoms with Crippen LogP contribution in [0.1, 0.15) is 18.3 Å². The van der Waals surface area contributed by atoms with Crippen molar-refractivity contribution in [3.63, 3.8) is 0 Å². The highest BCUT2D eigenvalue weighted by molar-refractivity contribution is 5.67. The van der Waals surface area contributed by atoms with E-state index in [1.807, 2.05) is 36.9 Å². The van der Waals surface area contributed by atoms with E-state index in [-0.39, 0.29) is 0 Å². The summed E-state index contributed by atoms with van der Waals surface area (Å²) in [6.07, 6.45) is 0. The van der Waals surface area contributed by atoms with Crippen LogP contribution in [0.3, 0.4) is 0 Å². The Balaban J connectivity index is 2.25. The fourth-order valence-electron chi connectivity index (χ4n) is 2.15. The zero-order valence-electron chi connectivity index (χ0n) is 11.2. The number of para-hydroxylation sites is 2. The standard InChI is InChI=1S/C14H20N4/c1-4-18(14-8-6-5-7-13(14)15)10-12-9-11(2)16-17(12)3/h5-9H,4,10,15H2,1-3H3. The van der Waals surface area contributed by atoms with Crippen molar-refractivity contribution in [1.29, 1.82) is 0 Å². The number of benzene rings is 1. The number of nitrogens with two attached hydrogens (primary N) is 1. The molecular formula is C14H20N4. The van der Waals surface area contributed by atoms with Crippen LogP contribution in [0, 0.1) is 6.92 Å². The maximum absolute atomic E-state index is 6.03. The molecule has 18 heavy (non-hydrogen) atoms. The average molecular weight is 244 g/mol.